The van der Waals surface area contributed by atoms with Crippen LogP contribution in [0.5, 0.6) is 11.5 Å². The average molecular weight is 659 g/mol. The van der Waals surface area contributed by atoms with Crippen molar-refractivity contribution >= 4 is 57.8 Å². The standard InChI is InChI=1S/C25H22IN7O5S/c1-38-21-12-20(33(36)37)11-16(24(21)35)13-28-30-23(34)15-39-25-31-29-22(32(25)19-5-3-2-4-6-19)14-27-18-9-7-17(26)8-10-18/h2-13,27,35H,14-15H2,1H3,(H,30,34)/b28-13+. The Balaban J connectivity index is 1.44. The summed E-state index contributed by atoms with van der Waals surface area (Å²) in [6.45, 7) is 0.412. The number of methoxy groups -OCH3 is 1. The summed E-state index contributed by atoms with van der Waals surface area (Å²) in [5.74, 6) is -0.236. The van der Waals surface area contributed by atoms with Gasteiger partial charge in [-0.15, -0.1) is 10.2 Å². The Kier molecular flexibility index (Phi) is 9.32. The molecular weight excluding hydrogens is 637 g/mol. The first-order valence-electron chi connectivity index (χ1n) is 11.3. The van der Waals surface area contributed by atoms with E-state index in [0.717, 1.165) is 33.3 Å². The molecule has 39 heavy (non-hydrogen) atoms. The minimum Gasteiger partial charge on any atom is -0.504 e. The summed E-state index contributed by atoms with van der Waals surface area (Å²) in [5.41, 5.74) is 3.86. The second kappa shape index (κ2) is 13.1. The SMILES string of the molecule is COc1cc([N+](=O)[O-])cc(/C=N/NC(=O)CSc2nnc(CNc3ccc(I)cc3)n2-c2ccccc2)c1O. The monoisotopic (exact) mass is 659 g/mol. The van der Waals surface area contributed by atoms with Gasteiger partial charge in [-0.05, 0) is 59.0 Å². The minimum atomic E-state index is -0.623. The molecule has 12 nitrogen and oxygen atoms in total. The van der Waals surface area contributed by atoms with Crippen LogP contribution in [-0.2, 0) is 11.3 Å². The van der Waals surface area contributed by atoms with Gasteiger partial charge in [0.25, 0.3) is 11.6 Å². The molecule has 0 aliphatic carbocycles. The van der Waals surface area contributed by atoms with E-state index in [2.05, 4.69) is 48.6 Å². The van der Waals surface area contributed by atoms with E-state index in [-0.39, 0.29) is 28.5 Å². The number of nitro groups is 1. The number of carbonyl (C=O) groups excluding carboxylic acids is 1. The molecular formula is C25H22IN7O5S. The summed E-state index contributed by atoms with van der Waals surface area (Å²) in [7, 11) is 1.27. The van der Waals surface area contributed by atoms with Gasteiger partial charge in [0.15, 0.2) is 22.5 Å². The number of carbonyl (C=O) groups is 1. The minimum absolute atomic E-state index is 0.0168. The molecule has 3 aromatic carbocycles. The van der Waals surface area contributed by atoms with Gasteiger partial charge >= 0.3 is 0 Å². The van der Waals surface area contributed by atoms with Crippen LogP contribution in [0.1, 0.15) is 11.4 Å². The van der Waals surface area contributed by atoms with Crippen LogP contribution in [-0.4, -0.2) is 49.8 Å². The molecule has 200 valence electrons. The number of rotatable bonds is 11. The quantitative estimate of drug-likeness (QED) is 0.0701. The lowest BCUT2D eigenvalue weighted by atomic mass is 10.2. The van der Waals surface area contributed by atoms with Crippen LogP contribution < -0.4 is 15.5 Å². The lowest BCUT2D eigenvalue weighted by Crippen LogP contribution is -2.20. The number of ether oxygens (including phenoxy) is 1. The van der Waals surface area contributed by atoms with E-state index in [9.17, 15) is 20.0 Å². The highest BCUT2D eigenvalue weighted by Gasteiger charge is 2.17. The fourth-order valence-electron chi connectivity index (χ4n) is 3.40. The van der Waals surface area contributed by atoms with Crippen LogP contribution >= 0.6 is 34.4 Å². The lowest BCUT2D eigenvalue weighted by Gasteiger charge is -2.11. The summed E-state index contributed by atoms with van der Waals surface area (Å²) in [6.07, 6.45) is 1.11. The van der Waals surface area contributed by atoms with Gasteiger partial charge in [0.1, 0.15) is 0 Å². The average Bonchev–Trinajstić information content (AvgIpc) is 3.35. The molecule has 0 aliphatic heterocycles. The summed E-state index contributed by atoms with van der Waals surface area (Å²) in [4.78, 5) is 23.0. The van der Waals surface area contributed by atoms with Crippen molar-refractivity contribution in [2.45, 2.75) is 11.7 Å². The third kappa shape index (κ3) is 7.23. The number of nitrogens with one attached hydrogen (secondary N) is 2. The maximum Gasteiger partial charge on any atom is 0.274 e. The van der Waals surface area contributed by atoms with Gasteiger partial charge in [-0.2, -0.15) is 5.10 Å². The Morgan fingerprint density at radius 1 is 1.21 bits per heavy atom. The van der Waals surface area contributed by atoms with E-state index < -0.39 is 10.8 Å². The normalized spacial score (nSPS) is 10.9. The van der Waals surface area contributed by atoms with Crippen molar-refractivity contribution in [2.24, 2.45) is 5.10 Å². The fourth-order valence-corrected chi connectivity index (χ4v) is 4.53. The van der Waals surface area contributed by atoms with Crippen molar-refractivity contribution in [3.05, 3.63) is 91.8 Å². The lowest BCUT2D eigenvalue weighted by molar-refractivity contribution is -0.385. The fraction of sp³-hybridized carbons (Fsp3) is 0.120. The van der Waals surface area contributed by atoms with Gasteiger partial charge in [0, 0.05) is 26.6 Å². The van der Waals surface area contributed by atoms with Crippen LogP contribution in [0, 0.1) is 13.7 Å². The molecule has 3 N–H and O–H groups in total. The number of anilines is 1. The second-order valence-corrected chi connectivity index (χ2v) is 10.0. The predicted octanol–water partition coefficient (Wildman–Crippen LogP) is 4.35. The third-order valence-electron chi connectivity index (χ3n) is 5.25. The molecule has 1 amide bonds. The molecule has 0 atom stereocenters. The summed E-state index contributed by atoms with van der Waals surface area (Å²) >= 11 is 3.42. The molecule has 0 bridgehead atoms. The Labute approximate surface area is 240 Å². The molecule has 0 saturated carbocycles. The number of phenols is 1. The van der Waals surface area contributed by atoms with Crippen LogP contribution in [0.3, 0.4) is 0 Å². The van der Waals surface area contributed by atoms with E-state index in [4.69, 9.17) is 4.74 Å². The van der Waals surface area contributed by atoms with E-state index in [1.165, 1.54) is 18.9 Å². The molecule has 4 aromatic rings. The number of non-ortho nitro benzene ring substituents is 1. The molecule has 0 unspecified atom stereocenters. The molecule has 0 saturated heterocycles. The van der Waals surface area contributed by atoms with Crippen LogP contribution in [0.15, 0.2) is 77.0 Å². The van der Waals surface area contributed by atoms with Gasteiger partial charge in [-0.25, -0.2) is 5.43 Å². The zero-order valence-electron chi connectivity index (χ0n) is 20.4. The Bertz CT molecular complexity index is 1500. The number of aromatic hydroxyl groups is 1. The van der Waals surface area contributed by atoms with Crippen molar-refractivity contribution in [1.29, 1.82) is 0 Å². The van der Waals surface area contributed by atoms with Crippen molar-refractivity contribution < 1.29 is 19.6 Å². The van der Waals surface area contributed by atoms with E-state index in [1.54, 1.807) is 0 Å². The first kappa shape index (κ1) is 27.8. The molecule has 0 radical (unpaired) electrons. The van der Waals surface area contributed by atoms with E-state index >= 15 is 0 Å². The van der Waals surface area contributed by atoms with Gasteiger partial charge in [-0.3, -0.25) is 19.5 Å². The van der Waals surface area contributed by atoms with Crippen molar-refractivity contribution in [1.82, 2.24) is 20.2 Å². The van der Waals surface area contributed by atoms with Crippen LogP contribution in [0.25, 0.3) is 5.69 Å². The van der Waals surface area contributed by atoms with Crippen molar-refractivity contribution in [3.8, 4) is 17.2 Å². The number of halogens is 1. The van der Waals surface area contributed by atoms with E-state index in [1.807, 2.05) is 59.2 Å². The summed E-state index contributed by atoms with van der Waals surface area (Å²) in [6, 6.07) is 19.7. The molecule has 0 aliphatic rings. The highest BCUT2D eigenvalue weighted by atomic mass is 127. The number of nitro benzene ring substituents is 1. The predicted molar refractivity (Wildman–Crippen MR) is 156 cm³/mol. The van der Waals surface area contributed by atoms with Gasteiger partial charge in [0.2, 0.25) is 0 Å². The molecule has 1 heterocycles. The van der Waals surface area contributed by atoms with Crippen molar-refractivity contribution in [2.75, 3.05) is 18.2 Å². The maximum atomic E-state index is 12.5. The topological polar surface area (TPSA) is 157 Å². The third-order valence-corrected chi connectivity index (χ3v) is 6.90. The number of thioether (sulfide) groups is 1. The number of nitrogens with zero attached hydrogens (tertiary/aromatic N) is 5. The Hall–Kier alpha value is -4.18. The van der Waals surface area contributed by atoms with Gasteiger partial charge in [-0.1, -0.05) is 30.0 Å². The van der Waals surface area contributed by atoms with Crippen LogP contribution in [0.2, 0.25) is 0 Å². The number of hydrazone groups is 1. The zero-order chi connectivity index (χ0) is 27.8. The van der Waals surface area contributed by atoms with Crippen molar-refractivity contribution in [3.63, 3.8) is 0 Å². The van der Waals surface area contributed by atoms with Crippen LogP contribution in [0.4, 0.5) is 11.4 Å². The zero-order valence-corrected chi connectivity index (χ0v) is 23.4. The number of phenolic OH excluding ortho intramolecular Hbond substituents is 1. The number of amides is 1. The van der Waals surface area contributed by atoms with E-state index in [0.29, 0.717) is 17.5 Å². The molecule has 0 spiro atoms. The molecule has 1 aromatic heterocycles. The first-order valence-corrected chi connectivity index (χ1v) is 13.4. The smallest absolute Gasteiger partial charge is 0.274 e. The highest BCUT2D eigenvalue weighted by Crippen LogP contribution is 2.33. The Morgan fingerprint density at radius 3 is 2.64 bits per heavy atom. The number of benzene rings is 3. The summed E-state index contributed by atoms with van der Waals surface area (Å²) < 4.78 is 7.96. The second-order valence-electron chi connectivity index (χ2n) is 7.86. The maximum absolute atomic E-state index is 12.5. The molecule has 0 fully saturated rings. The number of para-hydroxylation sites is 1. The number of aromatic nitrogens is 3. The van der Waals surface area contributed by atoms with Gasteiger partial charge in [0.05, 0.1) is 36.6 Å². The molecule has 14 heteroatoms. The Morgan fingerprint density at radius 2 is 1.95 bits per heavy atom. The summed E-state index contributed by atoms with van der Waals surface area (Å²) in [5, 5.41) is 37.6. The highest BCUT2D eigenvalue weighted by molar-refractivity contribution is 14.1. The van der Waals surface area contributed by atoms with Gasteiger partial charge < -0.3 is 15.2 Å². The number of hydrogen-bond acceptors (Lipinski definition) is 10. The number of hydrogen-bond donors (Lipinski definition) is 3. The molecule has 4 rings (SSSR count). The largest absolute Gasteiger partial charge is 0.504 e. The first-order chi connectivity index (χ1) is 18.9.